The molecule has 2 aliphatic rings. The van der Waals surface area contributed by atoms with Gasteiger partial charge in [0.1, 0.15) is 0 Å². The molecule has 2 atom stereocenters. The summed E-state index contributed by atoms with van der Waals surface area (Å²) in [6.07, 6.45) is 1.83. The van der Waals surface area contributed by atoms with Crippen molar-refractivity contribution in [2.75, 3.05) is 38.2 Å². The van der Waals surface area contributed by atoms with Crippen molar-refractivity contribution < 1.29 is 4.74 Å². The number of pyridine rings is 1. The van der Waals surface area contributed by atoms with Gasteiger partial charge >= 0.3 is 0 Å². The first-order valence-corrected chi connectivity index (χ1v) is 6.31. The van der Waals surface area contributed by atoms with Crippen molar-refractivity contribution in [1.29, 1.82) is 0 Å². The van der Waals surface area contributed by atoms with Crippen molar-refractivity contribution in [3.8, 4) is 5.75 Å². The number of nitrogens with one attached hydrogen (secondary N) is 1. The van der Waals surface area contributed by atoms with Gasteiger partial charge in [-0.25, -0.2) is 4.98 Å². The molecule has 3 heterocycles. The van der Waals surface area contributed by atoms with E-state index in [1.54, 1.807) is 7.11 Å². The second-order valence-corrected chi connectivity index (χ2v) is 5.13. The minimum Gasteiger partial charge on any atom is -0.493 e. The number of aromatic nitrogens is 1. The molecule has 2 unspecified atom stereocenters. The second kappa shape index (κ2) is 6.84. The zero-order valence-corrected chi connectivity index (χ0v) is 13.0. The number of fused-ring (bicyclic) bond motifs is 1. The molecule has 2 saturated heterocycles. The zero-order valence-electron chi connectivity index (χ0n) is 10.6. The highest BCUT2D eigenvalue weighted by molar-refractivity contribution is 6.30. The van der Waals surface area contributed by atoms with Crippen LogP contribution in [-0.2, 0) is 0 Å². The summed E-state index contributed by atoms with van der Waals surface area (Å²) in [5, 5.41) is 3.87. The average molecular weight is 327 g/mol. The lowest BCUT2D eigenvalue weighted by Crippen LogP contribution is -2.25. The molecule has 19 heavy (non-hydrogen) atoms. The molecule has 3 rings (SSSR count). The highest BCUT2D eigenvalue weighted by Gasteiger charge is 2.36. The molecule has 0 saturated carbocycles. The Morgan fingerprint density at radius 2 is 1.95 bits per heavy atom. The van der Waals surface area contributed by atoms with Crippen LogP contribution in [0.2, 0.25) is 5.15 Å². The van der Waals surface area contributed by atoms with Crippen LogP contribution in [0.1, 0.15) is 0 Å². The summed E-state index contributed by atoms with van der Waals surface area (Å²) in [6.45, 7) is 4.48. The van der Waals surface area contributed by atoms with Crippen molar-refractivity contribution >= 4 is 42.1 Å². The fraction of sp³-hybridized carbons (Fsp3) is 0.583. The van der Waals surface area contributed by atoms with Gasteiger partial charge in [-0.2, -0.15) is 0 Å². The second-order valence-electron chi connectivity index (χ2n) is 4.77. The summed E-state index contributed by atoms with van der Waals surface area (Å²) >= 11 is 5.93. The van der Waals surface area contributed by atoms with E-state index in [0.29, 0.717) is 10.9 Å². The van der Waals surface area contributed by atoms with Gasteiger partial charge in [-0.15, -0.1) is 24.8 Å². The van der Waals surface area contributed by atoms with Gasteiger partial charge in [0.15, 0.2) is 10.9 Å². The minimum atomic E-state index is 0. The fourth-order valence-corrected chi connectivity index (χ4v) is 2.98. The van der Waals surface area contributed by atoms with E-state index < -0.39 is 0 Å². The van der Waals surface area contributed by atoms with E-state index in [9.17, 15) is 0 Å². The molecule has 0 bridgehead atoms. The monoisotopic (exact) mass is 325 g/mol. The molecule has 108 valence electrons. The summed E-state index contributed by atoms with van der Waals surface area (Å²) in [6, 6.07) is 1.98. The van der Waals surface area contributed by atoms with E-state index in [0.717, 1.165) is 43.7 Å². The van der Waals surface area contributed by atoms with Gasteiger partial charge in [-0.1, -0.05) is 11.6 Å². The molecule has 7 heteroatoms. The molecule has 1 aromatic heterocycles. The summed E-state index contributed by atoms with van der Waals surface area (Å²) < 4.78 is 5.21. The Kier molecular flexibility index (Phi) is 5.99. The number of rotatable bonds is 2. The summed E-state index contributed by atoms with van der Waals surface area (Å²) in [4.78, 5) is 6.55. The Morgan fingerprint density at radius 1 is 1.32 bits per heavy atom. The first kappa shape index (κ1) is 16.6. The Bertz CT molecular complexity index is 421. The summed E-state index contributed by atoms with van der Waals surface area (Å²) in [5.41, 5.74) is 1.11. The lowest BCUT2D eigenvalue weighted by Gasteiger charge is -2.20. The lowest BCUT2D eigenvalue weighted by atomic mass is 10.0. The molecule has 0 spiro atoms. The van der Waals surface area contributed by atoms with Crippen molar-refractivity contribution in [3.63, 3.8) is 0 Å². The first-order valence-electron chi connectivity index (χ1n) is 5.93. The predicted molar refractivity (Wildman–Crippen MR) is 82.4 cm³/mol. The van der Waals surface area contributed by atoms with Crippen molar-refractivity contribution in [2.45, 2.75) is 0 Å². The third-order valence-corrected chi connectivity index (χ3v) is 4.05. The van der Waals surface area contributed by atoms with Crippen LogP contribution < -0.4 is 15.0 Å². The van der Waals surface area contributed by atoms with Gasteiger partial charge in [-0.05, 0) is 11.8 Å². The SMILES string of the molecule is COc1cc(N2CC3CNCC3C2)cnc1Cl.Cl.Cl. The molecule has 0 radical (unpaired) electrons. The van der Waals surface area contributed by atoms with E-state index in [-0.39, 0.29) is 24.8 Å². The molecule has 0 aromatic carbocycles. The Balaban J connectivity index is 0.000000902. The minimum absolute atomic E-state index is 0. The van der Waals surface area contributed by atoms with Gasteiger partial charge in [0, 0.05) is 32.2 Å². The standard InChI is InChI=1S/C12H16ClN3O.2ClH/c1-17-11-2-10(5-15-12(11)13)16-6-8-3-14-4-9(8)7-16;;/h2,5,8-9,14H,3-4,6-7H2,1H3;2*1H. The number of hydrogen-bond acceptors (Lipinski definition) is 4. The van der Waals surface area contributed by atoms with Crippen LogP contribution in [0.25, 0.3) is 0 Å². The number of halogens is 3. The molecular weight excluding hydrogens is 309 g/mol. The zero-order chi connectivity index (χ0) is 11.8. The van der Waals surface area contributed by atoms with Crippen LogP contribution in [0.5, 0.6) is 5.75 Å². The van der Waals surface area contributed by atoms with Crippen molar-refractivity contribution in [3.05, 3.63) is 17.4 Å². The molecular formula is C12H18Cl3N3O. The van der Waals surface area contributed by atoms with Gasteiger partial charge in [0.2, 0.25) is 0 Å². The molecule has 0 aliphatic carbocycles. The molecule has 2 aliphatic heterocycles. The number of nitrogens with zero attached hydrogens (tertiary/aromatic N) is 2. The average Bonchev–Trinajstić information content (AvgIpc) is 2.90. The molecule has 0 amide bonds. The molecule has 1 N–H and O–H groups in total. The maximum absolute atomic E-state index is 5.93. The number of anilines is 1. The Hall–Kier alpha value is -0.420. The smallest absolute Gasteiger partial charge is 0.171 e. The molecule has 2 fully saturated rings. The van der Waals surface area contributed by atoms with E-state index in [2.05, 4.69) is 15.2 Å². The van der Waals surface area contributed by atoms with Crippen LogP contribution in [0, 0.1) is 11.8 Å². The van der Waals surface area contributed by atoms with Gasteiger partial charge in [0.25, 0.3) is 0 Å². The number of ether oxygens (including phenoxy) is 1. The van der Waals surface area contributed by atoms with E-state index in [4.69, 9.17) is 16.3 Å². The van der Waals surface area contributed by atoms with Crippen molar-refractivity contribution in [1.82, 2.24) is 10.3 Å². The van der Waals surface area contributed by atoms with Crippen LogP contribution in [0.4, 0.5) is 5.69 Å². The molecule has 1 aromatic rings. The topological polar surface area (TPSA) is 37.4 Å². The maximum atomic E-state index is 5.93. The Morgan fingerprint density at radius 3 is 2.53 bits per heavy atom. The highest BCUT2D eigenvalue weighted by atomic mass is 35.5. The van der Waals surface area contributed by atoms with Crippen LogP contribution in [0.15, 0.2) is 12.3 Å². The largest absolute Gasteiger partial charge is 0.493 e. The van der Waals surface area contributed by atoms with Crippen LogP contribution in [-0.4, -0.2) is 38.3 Å². The van der Waals surface area contributed by atoms with Crippen molar-refractivity contribution in [2.24, 2.45) is 11.8 Å². The highest BCUT2D eigenvalue weighted by Crippen LogP contribution is 2.33. The van der Waals surface area contributed by atoms with Crippen LogP contribution in [0.3, 0.4) is 0 Å². The first-order chi connectivity index (χ1) is 8.28. The Labute approximate surface area is 130 Å². The third-order valence-electron chi connectivity index (χ3n) is 3.77. The van der Waals surface area contributed by atoms with Gasteiger partial charge in [-0.3, -0.25) is 0 Å². The normalized spacial score (nSPS) is 24.4. The number of hydrogen-bond donors (Lipinski definition) is 1. The maximum Gasteiger partial charge on any atom is 0.171 e. The van der Waals surface area contributed by atoms with E-state index >= 15 is 0 Å². The quantitative estimate of drug-likeness (QED) is 0.846. The summed E-state index contributed by atoms with van der Waals surface area (Å²) in [5.74, 6) is 2.20. The fourth-order valence-electron chi connectivity index (χ4n) is 2.80. The van der Waals surface area contributed by atoms with E-state index in [1.807, 2.05) is 12.3 Å². The van der Waals surface area contributed by atoms with Gasteiger partial charge < -0.3 is 15.0 Å². The van der Waals surface area contributed by atoms with E-state index in [1.165, 1.54) is 0 Å². The number of methoxy groups -OCH3 is 1. The van der Waals surface area contributed by atoms with Gasteiger partial charge in [0.05, 0.1) is 19.0 Å². The molecule has 4 nitrogen and oxygen atoms in total. The van der Waals surface area contributed by atoms with Crippen LogP contribution >= 0.6 is 36.4 Å². The summed E-state index contributed by atoms with van der Waals surface area (Å²) in [7, 11) is 1.62. The third kappa shape index (κ3) is 3.19. The predicted octanol–water partition coefficient (Wildman–Crippen LogP) is 2.24. The lowest BCUT2D eigenvalue weighted by molar-refractivity contribution is 0.413.